The van der Waals surface area contributed by atoms with Gasteiger partial charge in [0.15, 0.2) is 4.32 Å². The second-order valence-corrected chi connectivity index (χ2v) is 10.1. The number of ether oxygens (including phenoxy) is 2. The molecule has 2 amide bonds. The smallest absolute Gasteiger partial charge is 0.270 e. The Morgan fingerprint density at radius 2 is 1.68 bits per heavy atom. The Labute approximate surface area is 232 Å². The van der Waals surface area contributed by atoms with Gasteiger partial charge in [0.2, 0.25) is 5.91 Å². The molecule has 1 saturated heterocycles. The molecule has 4 rings (SSSR count). The molecule has 38 heavy (non-hydrogen) atoms. The van der Waals surface area contributed by atoms with E-state index < -0.39 is 5.91 Å². The van der Waals surface area contributed by atoms with Crippen LogP contribution < -0.4 is 20.1 Å². The van der Waals surface area contributed by atoms with Crippen LogP contribution in [0, 0.1) is 0 Å². The first kappa shape index (κ1) is 27.4. The molecule has 0 saturated carbocycles. The number of thioether (sulfide) groups is 1. The lowest BCUT2D eigenvalue weighted by Crippen LogP contribution is -2.28. The molecule has 3 aromatic carbocycles. The van der Waals surface area contributed by atoms with Gasteiger partial charge in [-0.05, 0) is 79.3 Å². The number of amides is 2. The van der Waals surface area contributed by atoms with Crippen molar-refractivity contribution in [2.75, 3.05) is 31.1 Å². The number of carbonyl (C=O) groups is 2. The minimum absolute atomic E-state index is 0.168. The average Bonchev–Trinajstić information content (AvgIpc) is 3.20. The summed E-state index contributed by atoms with van der Waals surface area (Å²) in [7, 11) is 0. The summed E-state index contributed by atoms with van der Waals surface area (Å²) in [6, 6.07) is 21.4. The maximum atomic E-state index is 13.2. The zero-order valence-corrected chi connectivity index (χ0v) is 22.9. The molecule has 3 aromatic rings. The number of benzene rings is 3. The maximum Gasteiger partial charge on any atom is 0.270 e. The van der Waals surface area contributed by atoms with Crippen molar-refractivity contribution < 1.29 is 19.1 Å². The van der Waals surface area contributed by atoms with Gasteiger partial charge in [-0.15, -0.1) is 0 Å². The Morgan fingerprint density at radius 3 is 2.34 bits per heavy atom. The van der Waals surface area contributed by atoms with E-state index in [1.165, 1.54) is 16.7 Å². The van der Waals surface area contributed by atoms with Crippen molar-refractivity contribution in [3.8, 4) is 17.2 Å². The lowest BCUT2D eigenvalue weighted by molar-refractivity contribution is -0.113. The first-order valence-electron chi connectivity index (χ1n) is 12.3. The molecule has 0 aromatic heterocycles. The molecule has 196 valence electrons. The molecule has 1 fully saturated rings. The number of thiocarbonyl (C=S) groups is 1. The topological polar surface area (TPSA) is 85.1 Å². The number of nitrogens with two attached hydrogens (primary N) is 1. The minimum Gasteiger partial charge on any atom is -0.492 e. The normalized spacial score (nSPS) is 14.4. The lowest BCUT2D eigenvalue weighted by atomic mass is 10.2. The lowest BCUT2D eigenvalue weighted by Gasteiger charge is -2.18. The van der Waals surface area contributed by atoms with Crippen LogP contribution in [0.4, 0.5) is 5.69 Å². The van der Waals surface area contributed by atoms with Crippen LogP contribution in [0.3, 0.4) is 0 Å². The zero-order valence-electron chi connectivity index (χ0n) is 21.3. The van der Waals surface area contributed by atoms with Gasteiger partial charge in [-0.3, -0.25) is 14.5 Å². The van der Waals surface area contributed by atoms with Crippen molar-refractivity contribution in [1.29, 1.82) is 0 Å². The molecule has 1 aliphatic rings. The first-order chi connectivity index (χ1) is 18.4. The van der Waals surface area contributed by atoms with E-state index in [1.807, 2.05) is 42.5 Å². The van der Waals surface area contributed by atoms with Gasteiger partial charge >= 0.3 is 0 Å². The fourth-order valence-electron chi connectivity index (χ4n) is 3.85. The second kappa shape index (κ2) is 12.7. The average molecular weight is 548 g/mol. The quantitative estimate of drug-likeness (QED) is 0.243. The summed E-state index contributed by atoms with van der Waals surface area (Å²) in [5.41, 5.74) is 7.24. The molecule has 0 aliphatic carbocycles. The van der Waals surface area contributed by atoms with Crippen molar-refractivity contribution >= 4 is 51.9 Å². The number of hydrogen-bond acceptors (Lipinski definition) is 7. The molecule has 0 spiro atoms. The van der Waals surface area contributed by atoms with Gasteiger partial charge in [0.1, 0.15) is 23.9 Å². The second-order valence-electron chi connectivity index (χ2n) is 8.45. The number of primary amides is 1. The zero-order chi connectivity index (χ0) is 27.1. The van der Waals surface area contributed by atoms with Crippen LogP contribution >= 0.6 is 24.0 Å². The monoisotopic (exact) mass is 547 g/mol. The molecular weight excluding hydrogens is 518 g/mol. The van der Waals surface area contributed by atoms with Crippen LogP contribution in [0.5, 0.6) is 17.2 Å². The summed E-state index contributed by atoms with van der Waals surface area (Å²) in [6.45, 7) is 7.72. The fraction of sp³-hybridized carbons (Fsp3) is 0.207. The van der Waals surface area contributed by atoms with Crippen LogP contribution in [-0.2, 0) is 4.79 Å². The third-order valence-electron chi connectivity index (χ3n) is 5.99. The standard InChI is InChI=1S/C29H29N3O4S2/c1-3-31(4-2)16-17-35-23-14-10-22(11-15-23)32-28(34)26(38-29(32)37)18-20-8-12-24(13-9-20)36-25-7-5-6-21(19-25)27(30)33/h5-15,18-19H,3-4,16-17H2,1-2H3,(H2,30,33). The molecule has 0 radical (unpaired) electrons. The molecule has 1 aliphatic heterocycles. The Balaban J connectivity index is 1.39. The Hall–Kier alpha value is -3.66. The number of nitrogens with zero attached hydrogens (tertiary/aromatic N) is 2. The molecular formula is C29H29N3O4S2. The predicted octanol–water partition coefficient (Wildman–Crippen LogP) is 5.70. The predicted molar refractivity (Wildman–Crippen MR) is 157 cm³/mol. The number of carbonyl (C=O) groups excluding carboxylic acids is 2. The van der Waals surface area contributed by atoms with Gasteiger partial charge < -0.3 is 20.1 Å². The van der Waals surface area contributed by atoms with Gasteiger partial charge in [-0.2, -0.15) is 0 Å². The van der Waals surface area contributed by atoms with Crippen molar-refractivity contribution in [3.63, 3.8) is 0 Å². The number of hydrogen-bond donors (Lipinski definition) is 1. The largest absolute Gasteiger partial charge is 0.492 e. The van der Waals surface area contributed by atoms with E-state index in [-0.39, 0.29) is 5.91 Å². The van der Waals surface area contributed by atoms with Crippen LogP contribution in [0.2, 0.25) is 0 Å². The Morgan fingerprint density at radius 1 is 1.00 bits per heavy atom. The summed E-state index contributed by atoms with van der Waals surface area (Å²) in [5.74, 6) is 1.17. The third-order valence-corrected chi connectivity index (χ3v) is 7.29. The van der Waals surface area contributed by atoms with Crippen molar-refractivity contribution in [2.45, 2.75) is 13.8 Å². The molecule has 9 heteroatoms. The molecule has 2 N–H and O–H groups in total. The Bertz CT molecular complexity index is 1340. The van der Waals surface area contributed by atoms with Crippen LogP contribution in [-0.4, -0.2) is 47.3 Å². The SMILES string of the molecule is CCN(CC)CCOc1ccc(N2C(=O)C(=Cc3ccc(Oc4cccc(C(N)=O)c4)cc3)SC2=S)cc1. The summed E-state index contributed by atoms with van der Waals surface area (Å²) < 4.78 is 12.1. The van der Waals surface area contributed by atoms with Crippen LogP contribution in [0.15, 0.2) is 77.7 Å². The Kier molecular flexibility index (Phi) is 9.17. The fourth-order valence-corrected chi connectivity index (χ4v) is 5.15. The highest BCUT2D eigenvalue weighted by atomic mass is 32.2. The molecule has 0 bridgehead atoms. The van der Waals surface area contributed by atoms with E-state index in [2.05, 4.69) is 18.7 Å². The van der Waals surface area contributed by atoms with Gasteiger partial charge in [0.05, 0.1) is 10.6 Å². The van der Waals surface area contributed by atoms with Gasteiger partial charge in [0.25, 0.3) is 5.91 Å². The van der Waals surface area contributed by atoms with E-state index >= 15 is 0 Å². The summed E-state index contributed by atoms with van der Waals surface area (Å²) in [5, 5.41) is 0. The van der Waals surface area contributed by atoms with Gasteiger partial charge in [0, 0.05) is 12.1 Å². The van der Waals surface area contributed by atoms with E-state index in [0.29, 0.717) is 38.6 Å². The van der Waals surface area contributed by atoms with E-state index in [4.69, 9.17) is 27.4 Å². The van der Waals surface area contributed by atoms with E-state index in [9.17, 15) is 9.59 Å². The highest BCUT2D eigenvalue weighted by Gasteiger charge is 2.33. The number of likely N-dealkylation sites (N-methyl/N-ethyl adjacent to an activating group) is 1. The van der Waals surface area contributed by atoms with Crippen LogP contribution in [0.25, 0.3) is 6.08 Å². The number of anilines is 1. The molecule has 7 nitrogen and oxygen atoms in total. The minimum atomic E-state index is -0.515. The molecule has 1 heterocycles. The van der Waals surface area contributed by atoms with Crippen molar-refractivity contribution in [3.05, 3.63) is 88.8 Å². The highest BCUT2D eigenvalue weighted by Crippen LogP contribution is 2.36. The third kappa shape index (κ3) is 6.80. The van der Waals surface area contributed by atoms with Gasteiger partial charge in [-0.25, -0.2) is 0 Å². The van der Waals surface area contributed by atoms with E-state index in [0.717, 1.165) is 30.9 Å². The van der Waals surface area contributed by atoms with Crippen molar-refractivity contribution in [1.82, 2.24) is 4.90 Å². The summed E-state index contributed by atoms with van der Waals surface area (Å²) in [6.07, 6.45) is 1.81. The first-order valence-corrected chi connectivity index (χ1v) is 13.5. The number of rotatable bonds is 11. The van der Waals surface area contributed by atoms with Gasteiger partial charge in [-0.1, -0.05) is 56.0 Å². The maximum absolute atomic E-state index is 13.2. The van der Waals surface area contributed by atoms with E-state index in [1.54, 1.807) is 36.4 Å². The molecule has 0 unspecified atom stereocenters. The highest BCUT2D eigenvalue weighted by molar-refractivity contribution is 8.27. The summed E-state index contributed by atoms with van der Waals surface area (Å²) in [4.78, 5) is 28.9. The van der Waals surface area contributed by atoms with Crippen molar-refractivity contribution in [2.24, 2.45) is 5.73 Å². The van der Waals surface area contributed by atoms with Crippen LogP contribution in [0.1, 0.15) is 29.8 Å². The molecule has 0 atom stereocenters. The summed E-state index contributed by atoms with van der Waals surface area (Å²) >= 11 is 6.78.